The van der Waals surface area contributed by atoms with Crippen LogP contribution < -0.4 is 5.73 Å². The van der Waals surface area contributed by atoms with E-state index in [4.69, 9.17) is 28.9 Å². The van der Waals surface area contributed by atoms with Crippen molar-refractivity contribution in [2.75, 3.05) is 26.2 Å². The molecule has 160 valence electrons. The van der Waals surface area contributed by atoms with Crippen molar-refractivity contribution in [3.05, 3.63) is 50.8 Å². The highest BCUT2D eigenvalue weighted by Crippen LogP contribution is 2.38. The van der Waals surface area contributed by atoms with E-state index in [1.165, 1.54) is 0 Å². The summed E-state index contributed by atoms with van der Waals surface area (Å²) in [4.78, 5) is 34.1. The first kappa shape index (κ1) is 22.5. The van der Waals surface area contributed by atoms with Crippen LogP contribution in [0.5, 0.6) is 0 Å². The van der Waals surface area contributed by atoms with E-state index in [0.29, 0.717) is 58.5 Å². The van der Waals surface area contributed by atoms with Gasteiger partial charge in [-0.3, -0.25) is 14.6 Å². The van der Waals surface area contributed by atoms with Gasteiger partial charge in [-0.25, -0.2) is 0 Å². The maximum absolute atomic E-state index is 13.5. The monoisotopic (exact) mass is 448 g/mol. The fourth-order valence-electron chi connectivity index (χ4n) is 3.94. The van der Waals surface area contributed by atoms with E-state index in [2.05, 4.69) is 4.98 Å². The summed E-state index contributed by atoms with van der Waals surface area (Å²) >= 11 is 12.6. The van der Waals surface area contributed by atoms with Gasteiger partial charge in [0, 0.05) is 59.5 Å². The van der Waals surface area contributed by atoms with Crippen LogP contribution in [0.3, 0.4) is 0 Å². The Morgan fingerprint density at radius 3 is 2.53 bits per heavy atom. The number of pyridine rings is 1. The van der Waals surface area contributed by atoms with Crippen LogP contribution in [-0.4, -0.2) is 52.8 Å². The summed E-state index contributed by atoms with van der Waals surface area (Å²) in [6.07, 6.45) is 0.566. The highest BCUT2D eigenvalue weighted by Gasteiger charge is 2.33. The van der Waals surface area contributed by atoms with Crippen LogP contribution in [0.4, 0.5) is 0 Å². The molecule has 30 heavy (non-hydrogen) atoms. The van der Waals surface area contributed by atoms with Crippen LogP contribution in [-0.2, 0) is 17.8 Å². The molecule has 8 heteroatoms. The van der Waals surface area contributed by atoms with Crippen molar-refractivity contribution in [3.63, 3.8) is 0 Å². The molecule has 2 amide bonds. The number of halogens is 2. The average Bonchev–Trinajstić information content (AvgIpc) is 2.70. The summed E-state index contributed by atoms with van der Waals surface area (Å²) in [5, 5.41) is 0.949. The third-order valence-electron chi connectivity index (χ3n) is 5.55. The van der Waals surface area contributed by atoms with Gasteiger partial charge in [-0.1, -0.05) is 29.3 Å². The summed E-state index contributed by atoms with van der Waals surface area (Å²) in [5.74, 6) is -0.290. The maximum atomic E-state index is 13.5. The van der Waals surface area contributed by atoms with Gasteiger partial charge >= 0.3 is 0 Å². The molecule has 2 N–H and O–H groups in total. The zero-order chi connectivity index (χ0) is 22.0. The SMILES string of the molecule is CCN(CC)C(=O)CN1CCc2nc(C)c(CN)c(-c3ccc(Cl)cc3Cl)c2C1=O. The quantitative estimate of drug-likeness (QED) is 0.730. The number of rotatable bonds is 6. The Balaban J connectivity index is 2.12. The van der Waals surface area contributed by atoms with Gasteiger partial charge in [-0.2, -0.15) is 0 Å². The molecule has 1 aliphatic rings. The maximum Gasteiger partial charge on any atom is 0.256 e. The molecule has 1 aromatic carbocycles. The van der Waals surface area contributed by atoms with Gasteiger partial charge in [0.1, 0.15) is 6.54 Å². The van der Waals surface area contributed by atoms with Crippen molar-refractivity contribution in [3.8, 4) is 11.1 Å². The molecule has 0 bridgehead atoms. The number of fused-ring (bicyclic) bond motifs is 1. The predicted molar refractivity (Wildman–Crippen MR) is 120 cm³/mol. The second-order valence-electron chi connectivity index (χ2n) is 7.24. The second-order valence-corrected chi connectivity index (χ2v) is 8.09. The van der Waals surface area contributed by atoms with Gasteiger partial charge in [-0.05, 0) is 38.5 Å². The minimum absolute atomic E-state index is 0.0412. The third kappa shape index (κ3) is 4.17. The molecule has 0 fully saturated rings. The molecule has 0 aliphatic carbocycles. The molecule has 0 atom stereocenters. The lowest BCUT2D eigenvalue weighted by Crippen LogP contribution is -2.46. The molecule has 1 aromatic heterocycles. The molecular weight excluding hydrogens is 423 g/mol. The van der Waals surface area contributed by atoms with E-state index in [9.17, 15) is 9.59 Å². The number of benzene rings is 1. The van der Waals surface area contributed by atoms with Crippen molar-refractivity contribution in [1.82, 2.24) is 14.8 Å². The number of nitrogens with zero attached hydrogens (tertiary/aromatic N) is 3. The van der Waals surface area contributed by atoms with E-state index in [0.717, 1.165) is 11.3 Å². The molecule has 3 rings (SSSR count). The fourth-order valence-corrected chi connectivity index (χ4v) is 4.45. The Bertz CT molecular complexity index is 990. The first-order valence-electron chi connectivity index (χ1n) is 10.1. The lowest BCUT2D eigenvalue weighted by atomic mass is 9.89. The lowest BCUT2D eigenvalue weighted by molar-refractivity contribution is -0.131. The first-order chi connectivity index (χ1) is 14.3. The minimum Gasteiger partial charge on any atom is -0.342 e. The first-order valence-corrected chi connectivity index (χ1v) is 10.8. The molecule has 0 saturated carbocycles. The zero-order valence-electron chi connectivity index (χ0n) is 17.5. The van der Waals surface area contributed by atoms with Crippen LogP contribution in [0.15, 0.2) is 18.2 Å². The van der Waals surface area contributed by atoms with Crippen LogP contribution in [0, 0.1) is 6.92 Å². The summed E-state index contributed by atoms with van der Waals surface area (Å²) in [5.41, 5.74) is 10.1. The van der Waals surface area contributed by atoms with E-state index in [1.54, 1.807) is 28.0 Å². The molecule has 0 saturated heterocycles. The van der Waals surface area contributed by atoms with Gasteiger partial charge in [0.15, 0.2) is 0 Å². The van der Waals surface area contributed by atoms with Gasteiger partial charge < -0.3 is 15.5 Å². The molecule has 0 unspecified atom stereocenters. The van der Waals surface area contributed by atoms with Crippen LogP contribution in [0.2, 0.25) is 10.0 Å². The Labute approximate surface area is 187 Å². The number of aromatic nitrogens is 1. The van der Waals surface area contributed by atoms with E-state index >= 15 is 0 Å². The van der Waals surface area contributed by atoms with Crippen LogP contribution in [0.1, 0.15) is 41.2 Å². The zero-order valence-corrected chi connectivity index (χ0v) is 19.0. The molecule has 2 aromatic rings. The third-order valence-corrected chi connectivity index (χ3v) is 6.09. The number of carbonyl (C=O) groups is 2. The summed E-state index contributed by atoms with van der Waals surface area (Å²) in [6, 6.07) is 5.18. The molecular formula is C22H26Cl2N4O2. The normalized spacial score (nSPS) is 13.4. The number of aryl methyl sites for hydroxylation is 1. The van der Waals surface area contributed by atoms with Crippen molar-refractivity contribution < 1.29 is 9.59 Å². The molecule has 0 spiro atoms. The van der Waals surface area contributed by atoms with Crippen molar-refractivity contribution in [2.45, 2.75) is 33.7 Å². The highest BCUT2D eigenvalue weighted by atomic mass is 35.5. The minimum atomic E-state index is -0.222. The van der Waals surface area contributed by atoms with Crippen molar-refractivity contribution in [2.24, 2.45) is 5.73 Å². The van der Waals surface area contributed by atoms with Crippen LogP contribution in [0.25, 0.3) is 11.1 Å². The number of amides is 2. The molecule has 0 radical (unpaired) electrons. The van der Waals surface area contributed by atoms with Gasteiger partial charge in [0.2, 0.25) is 5.91 Å². The highest BCUT2D eigenvalue weighted by molar-refractivity contribution is 6.36. The molecule has 1 aliphatic heterocycles. The second kappa shape index (κ2) is 9.33. The lowest BCUT2D eigenvalue weighted by Gasteiger charge is -2.32. The number of hydrogen-bond acceptors (Lipinski definition) is 4. The summed E-state index contributed by atoms with van der Waals surface area (Å²) in [6.45, 7) is 7.66. The number of nitrogens with two attached hydrogens (primary N) is 1. The Morgan fingerprint density at radius 2 is 1.93 bits per heavy atom. The van der Waals surface area contributed by atoms with Crippen LogP contribution >= 0.6 is 23.2 Å². The Hall–Kier alpha value is -2.15. The Morgan fingerprint density at radius 1 is 1.23 bits per heavy atom. The van der Waals surface area contributed by atoms with E-state index in [1.807, 2.05) is 20.8 Å². The van der Waals surface area contributed by atoms with Crippen molar-refractivity contribution >= 4 is 35.0 Å². The number of likely N-dealkylation sites (N-methyl/N-ethyl adjacent to an activating group) is 1. The Kier molecular flexibility index (Phi) is 7.01. The smallest absolute Gasteiger partial charge is 0.256 e. The van der Waals surface area contributed by atoms with Crippen molar-refractivity contribution in [1.29, 1.82) is 0 Å². The van der Waals surface area contributed by atoms with E-state index in [-0.39, 0.29) is 24.9 Å². The average molecular weight is 449 g/mol. The largest absolute Gasteiger partial charge is 0.342 e. The standard InChI is InChI=1S/C22H26Cl2N4O2/c1-4-27(5-2)19(29)12-28-9-8-18-21(22(28)30)20(16(11-25)13(3)26-18)15-7-6-14(23)10-17(15)24/h6-7,10H,4-5,8-9,11-12,25H2,1-3H3. The van der Waals surface area contributed by atoms with Gasteiger partial charge in [0.05, 0.1) is 11.3 Å². The summed E-state index contributed by atoms with van der Waals surface area (Å²) in [7, 11) is 0. The molecule has 6 nitrogen and oxygen atoms in total. The number of hydrogen-bond donors (Lipinski definition) is 1. The fraction of sp³-hybridized carbons (Fsp3) is 0.409. The van der Waals surface area contributed by atoms with Gasteiger partial charge in [0.25, 0.3) is 5.91 Å². The number of carbonyl (C=O) groups excluding carboxylic acids is 2. The summed E-state index contributed by atoms with van der Waals surface area (Å²) < 4.78 is 0. The predicted octanol–water partition coefficient (Wildman–Crippen LogP) is 3.69. The van der Waals surface area contributed by atoms with E-state index < -0.39 is 0 Å². The van der Waals surface area contributed by atoms with Gasteiger partial charge in [-0.15, -0.1) is 0 Å². The topological polar surface area (TPSA) is 79.5 Å². The molecule has 2 heterocycles.